The molecule has 4 rings (SSSR count). The number of anilines is 1. The Bertz CT molecular complexity index is 888. The number of hydrogen-bond acceptors (Lipinski definition) is 6. The van der Waals surface area contributed by atoms with Crippen molar-refractivity contribution in [3.63, 3.8) is 0 Å². The fourth-order valence-electron chi connectivity index (χ4n) is 3.88. The smallest absolute Gasteiger partial charge is 0.329 e. The van der Waals surface area contributed by atoms with Crippen LogP contribution in [0.5, 0.6) is 0 Å². The van der Waals surface area contributed by atoms with Crippen molar-refractivity contribution in [2.45, 2.75) is 18.4 Å². The molecule has 1 aromatic carbocycles. The average Bonchev–Trinajstić information content (AvgIpc) is 2.99. The van der Waals surface area contributed by atoms with Crippen molar-refractivity contribution in [3.05, 3.63) is 63.3 Å². The molecule has 7 heteroatoms. The Hall–Kier alpha value is -2.98. The van der Waals surface area contributed by atoms with Gasteiger partial charge in [0.25, 0.3) is 0 Å². The molecule has 1 fully saturated rings. The summed E-state index contributed by atoms with van der Waals surface area (Å²) in [5.41, 5.74) is 1.75. The van der Waals surface area contributed by atoms with Crippen LogP contribution in [0, 0.1) is 21.4 Å². The lowest BCUT2D eigenvalue weighted by Crippen LogP contribution is -2.49. The average molecular weight is 336 g/mol. The van der Waals surface area contributed by atoms with Crippen molar-refractivity contribution in [3.8, 4) is 6.07 Å². The van der Waals surface area contributed by atoms with E-state index in [1.54, 1.807) is 0 Å². The Morgan fingerprint density at radius 1 is 1.36 bits per heavy atom. The lowest BCUT2D eigenvalue weighted by Gasteiger charge is -2.41. The molecule has 2 aromatic rings. The third-order valence-corrected chi connectivity index (χ3v) is 5.00. The minimum atomic E-state index is -0.522. The summed E-state index contributed by atoms with van der Waals surface area (Å²) in [6, 6.07) is 11.4. The molecule has 1 aliphatic carbocycles. The van der Waals surface area contributed by atoms with Gasteiger partial charge in [0.05, 0.1) is 18.1 Å². The highest BCUT2D eigenvalue weighted by Crippen LogP contribution is 2.43. The van der Waals surface area contributed by atoms with Gasteiger partial charge in [0.1, 0.15) is 17.2 Å². The molecule has 1 aliphatic heterocycles. The van der Waals surface area contributed by atoms with Crippen LogP contribution < -0.4 is 4.90 Å². The van der Waals surface area contributed by atoms with Gasteiger partial charge in [0, 0.05) is 12.7 Å². The van der Waals surface area contributed by atoms with Gasteiger partial charge in [-0.05, 0) is 30.0 Å². The van der Waals surface area contributed by atoms with E-state index in [0.29, 0.717) is 19.7 Å². The molecule has 25 heavy (non-hydrogen) atoms. The molecule has 0 radical (unpaired) electrons. The first-order valence-electron chi connectivity index (χ1n) is 8.15. The first kappa shape index (κ1) is 15.5. The Morgan fingerprint density at radius 2 is 2.20 bits per heavy atom. The Balaban J connectivity index is 1.75. The van der Waals surface area contributed by atoms with Gasteiger partial charge in [0.15, 0.2) is 0 Å². The lowest BCUT2D eigenvalue weighted by molar-refractivity contribution is -0.384. The highest BCUT2D eigenvalue weighted by molar-refractivity contribution is 5.66. The van der Waals surface area contributed by atoms with Gasteiger partial charge in [-0.25, -0.2) is 4.98 Å². The van der Waals surface area contributed by atoms with Crippen LogP contribution in [-0.2, 0) is 16.8 Å². The van der Waals surface area contributed by atoms with Gasteiger partial charge in [-0.15, -0.1) is 0 Å². The second-order valence-corrected chi connectivity index (χ2v) is 6.32. The van der Waals surface area contributed by atoms with Crippen molar-refractivity contribution < 1.29 is 9.66 Å². The molecule has 0 amide bonds. The molecule has 0 N–H and O–H groups in total. The fraction of sp³-hybridized carbons (Fsp3) is 0.333. The van der Waals surface area contributed by atoms with Crippen LogP contribution in [0.1, 0.15) is 23.1 Å². The second-order valence-electron chi connectivity index (χ2n) is 6.32. The van der Waals surface area contributed by atoms with Crippen LogP contribution in [-0.4, -0.2) is 29.6 Å². The van der Waals surface area contributed by atoms with Gasteiger partial charge in [0.2, 0.25) is 5.82 Å². The zero-order valence-electron chi connectivity index (χ0n) is 13.5. The van der Waals surface area contributed by atoms with Crippen molar-refractivity contribution >= 4 is 11.5 Å². The van der Waals surface area contributed by atoms with Crippen molar-refractivity contribution in [2.75, 3.05) is 24.6 Å². The van der Waals surface area contributed by atoms with Gasteiger partial charge in [-0.2, -0.15) is 5.26 Å². The van der Waals surface area contributed by atoms with E-state index >= 15 is 0 Å². The third-order valence-electron chi connectivity index (χ3n) is 5.00. The fourth-order valence-corrected chi connectivity index (χ4v) is 3.88. The molecule has 0 saturated carbocycles. The largest absolute Gasteiger partial charge is 0.367 e. The number of benzene rings is 1. The summed E-state index contributed by atoms with van der Waals surface area (Å²) >= 11 is 0. The Labute approximate surface area is 144 Å². The maximum atomic E-state index is 11.5. The normalized spacial score (nSPS) is 21.8. The first-order valence-corrected chi connectivity index (χ1v) is 8.15. The molecule has 2 heterocycles. The number of morpholine rings is 1. The van der Waals surface area contributed by atoms with Crippen molar-refractivity contribution in [2.24, 2.45) is 0 Å². The summed E-state index contributed by atoms with van der Waals surface area (Å²) in [6.45, 7) is 1.46. The number of nitriles is 1. The molecule has 0 bridgehead atoms. The second kappa shape index (κ2) is 5.83. The number of aryl methyl sites for hydroxylation is 1. The predicted octanol–water partition coefficient (Wildman–Crippen LogP) is 2.54. The molecule has 1 unspecified atom stereocenters. The van der Waals surface area contributed by atoms with E-state index in [2.05, 4.69) is 17.1 Å². The molecule has 1 atom stereocenters. The number of fused-ring (bicyclic) bond motifs is 2. The molecular weight excluding hydrogens is 320 g/mol. The number of pyridine rings is 1. The number of hydrogen-bond donors (Lipinski definition) is 0. The SMILES string of the molecule is N#Cc1ccnc(N2CCOC3(CCc4ccccc43)C2)c1[N+](=O)[O-]. The lowest BCUT2D eigenvalue weighted by atomic mass is 9.93. The van der Waals surface area contributed by atoms with E-state index in [4.69, 9.17) is 4.74 Å². The van der Waals surface area contributed by atoms with Crippen LogP contribution >= 0.6 is 0 Å². The van der Waals surface area contributed by atoms with Gasteiger partial charge in [-0.3, -0.25) is 10.1 Å². The maximum Gasteiger partial charge on any atom is 0.329 e. The standard InChI is InChI=1S/C18H16N4O3/c19-11-14-6-8-20-17(16(14)22(23)24)21-9-10-25-18(12-21)7-5-13-3-1-2-4-15(13)18/h1-4,6,8H,5,7,9-10,12H2. The minimum absolute atomic E-state index is 0.0300. The topological polar surface area (TPSA) is 92.3 Å². The molecule has 1 aromatic heterocycles. The van der Waals surface area contributed by atoms with Gasteiger partial charge < -0.3 is 9.64 Å². The van der Waals surface area contributed by atoms with Crippen LogP contribution in [0.2, 0.25) is 0 Å². The molecular formula is C18H16N4O3. The van der Waals surface area contributed by atoms with E-state index in [0.717, 1.165) is 18.4 Å². The Morgan fingerprint density at radius 3 is 3.00 bits per heavy atom. The molecule has 126 valence electrons. The monoisotopic (exact) mass is 336 g/mol. The quantitative estimate of drug-likeness (QED) is 0.618. The predicted molar refractivity (Wildman–Crippen MR) is 90.2 cm³/mol. The van der Waals surface area contributed by atoms with Crippen LogP contribution in [0.25, 0.3) is 0 Å². The third kappa shape index (κ3) is 2.42. The first-order chi connectivity index (χ1) is 12.1. The molecule has 2 aliphatic rings. The van der Waals surface area contributed by atoms with Crippen LogP contribution in [0.15, 0.2) is 36.5 Å². The highest BCUT2D eigenvalue weighted by Gasteiger charge is 2.44. The summed E-state index contributed by atoms with van der Waals surface area (Å²) in [7, 11) is 0. The molecule has 7 nitrogen and oxygen atoms in total. The van der Waals surface area contributed by atoms with E-state index in [-0.39, 0.29) is 17.1 Å². The minimum Gasteiger partial charge on any atom is -0.367 e. The number of nitrogens with zero attached hydrogens (tertiary/aromatic N) is 4. The zero-order valence-corrected chi connectivity index (χ0v) is 13.5. The number of aromatic nitrogens is 1. The summed E-state index contributed by atoms with van der Waals surface area (Å²) in [5.74, 6) is 0.246. The molecule has 1 spiro atoms. The van der Waals surface area contributed by atoms with Gasteiger partial charge in [-0.1, -0.05) is 24.3 Å². The van der Waals surface area contributed by atoms with Crippen molar-refractivity contribution in [1.82, 2.24) is 4.98 Å². The molecule has 1 saturated heterocycles. The van der Waals surface area contributed by atoms with E-state index in [1.165, 1.54) is 17.8 Å². The van der Waals surface area contributed by atoms with Crippen molar-refractivity contribution in [1.29, 1.82) is 5.26 Å². The number of nitro groups is 1. The van der Waals surface area contributed by atoms with Crippen LogP contribution in [0.4, 0.5) is 11.5 Å². The zero-order chi connectivity index (χ0) is 17.4. The van der Waals surface area contributed by atoms with E-state index in [9.17, 15) is 15.4 Å². The maximum absolute atomic E-state index is 11.5. The van der Waals surface area contributed by atoms with Gasteiger partial charge >= 0.3 is 5.69 Å². The number of rotatable bonds is 2. The Kier molecular flexibility index (Phi) is 3.62. The van der Waals surface area contributed by atoms with E-state index < -0.39 is 10.5 Å². The summed E-state index contributed by atoms with van der Waals surface area (Å²) in [4.78, 5) is 17.1. The summed E-state index contributed by atoms with van der Waals surface area (Å²) in [5, 5.41) is 20.7. The summed E-state index contributed by atoms with van der Waals surface area (Å²) in [6.07, 6.45) is 3.22. The highest BCUT2D eigenvalue weighted by atomic mass is 16.6. The summed E-state index contributed by atoms with van der Waals surface area (Å²) < 4.78 is 6.16. The van der Waals surface area contributed by atoms with E-state index in [1.807, 2.05) is 23.1 Å². The number of ether oxygens (including phenoxy) is 1. The van der Waals surface area contributed by atoms with Crippen LogP contribution in [0.3, 0.4) is 0 Å².